The van der Waals surface area contributed by atoms with Crippen molar-refractivity contribution in [2.45, 2.75) is 39.8 Å². The van der Waals surface area contributed by atoms with E-state index in [0.717, 1.165) is 31.1 Å². The van der Waals surface area contributed by atoms with Crippen LogP contribution in [0.3, 0.4) is 0 Å². The van der Waals surface area contributed by atoms with E-state index in [2.05, 4.69) is 34.5 Å². The molecule has 2 amide bonds. The highest BCUT2D eigenvalue weighted by atomic mass is 32.1. The fraction of sp³-hybridized carbons (Fsp3) is 0.500. The summed E-state index contributed by atoms with van der Waals surface area (Å²) in [6.07, 6.45) is 3.67. The molecular formula is C18H27N5O2S. The van der Waals surface area contributed by atoms with Gasteiger partial charge < -0.3 is 15.5 Å². The molecule has 26 heavy (non-hydrogen) atoms. The van der Waals surface area contributed by atoms with Crippen LogP contribution in [0.25, 0.3) is 0 Å². The monoisotopic (exact) mass is 377 g/mol. The highest BCUT2D eigenvalue weighted by Gasteiger charge is 2.18. The van der Waals surface area contributed by atoms with Crippen molar-refractivity contribution < 1.29 is 9.59 Å². The van der Waals surface area contributed by atoms with E-state index in [9.17, 15) is 9.59 Å². The lowest BCUT2D eigenvalue weighted by atomic mass is 10.1. The number of carbonyl (C=O) groups excluding carboxylic acids is 2. The molecule has 0 saturated carbocycles. The highest BCUT2D eigenvalue weighted by Crippen LogP contribution is 2.22. The number of hydrogen-bond acceptors (Lipinski definition) is 5. The van der Waals surface area contributed by atoms with Gasteiger partial charge >= 0.3 is 0 Å². The van der Waals surface area contributed by atoms with Gasteiger partial charge in [0.2, 0.25) is 11.8 Å². The number of anilines is 1. The van der Waals surface area contributed by atoms with E-state index in [1.807, 2.05) is 28.4 Å². The molecule has 2 aromatic heterocycles. The average molecular weight is 378 g/mol. The van der Waals surface area contributed by atoms with Gasteiger partial charge in [0, 0.05) is 24.5 Å². The van der Waals surface area contributed by atoms with Crippen molar-refractivity contribution in [3.8, 4) is 0 Å². The summed E-state index contributed by atoms with van der Waals surface area (Å²) in [6, 6.07) is 3.52. The molecule has 0 bridgehead atoms. The predicted octanol–water partition coefficient (Wildman–Crippen LogP) is 2.49. The van der Waals surface area contributed by atoms with Gasteiger partial charge in [0.05, 0.1) is 30.9 Å². The maximum Gasteiger partial charge on any atom is 0.226 e. The van der Waals surface area contributed by atoms with Crippen molar-refractivity contribution in [2.24, 2.45) is 0 Å². The fourth-order valence-electron chi connectivity index (χ4n) is 2.69. The Morgan fingerprint density at radius 1 is 1.35 bits per heavy atom. The second-order valence-electron chi connectivity index (χ2n) is 6.04. The second-order valence-corrected chi connectivity index (χ2v) is 7.02. The van der Waals surface area contributed by atoms with Crippen LogP contribution in [0.5, 0.6) is 0 Å². The van der Waals surface area contributed by atoms with Gasteiger partial charge in [0.15, 0.2) is 0 Å². The lowest BCUT2D eigenvalue weighted by Crippen LogP contribution is -2.29. The van der Waals surface area contributed by atoms with Gasteiger partial charge in [-0.2, -0.15) is 5.10 Å². The van der Waals surface area contributed by atoms with Gasteiger partial charge in [-0.15, -0.1) is 11.3 Å². The van der Waals surface area contributed by atoms with Crippen molar-refractivity contribution in [3.05, 3.63) is 34.8 Å². The van der Waals surface area contributed by atoms with E-state index >= 15 is 0 Å². The first-order valence-corrected chi connectivity index (χ1v) is 9.75. The summed E-state index contributed by atoms with van der Waals surface area (Å²) in [4.78, 5) is 27.1. The Morgan fingerprint density at radius 2 is 2.12 bits per heavy atom. The third kappa shape index (κ3) is 6.27. The maximum absolute atomic E-state index is 12.4. The maximum atomic E-state index is 12.4. The molecule has 2 N–H and O–H groups in total. The largest absolute Gasteiger partial charge is 0.348 e. The molecule has 2 rings (SSSR count). The van der Waals surface area contributed by atoms with Crippen LogP contribution in [0.4, 0.5) is 5.69 Å². The minimum absolute atomic E-state index is 0.152. The second kappa shape index (κ2) is 10.1. The predicted molar refractivity (Wildman–Crippen MR) is 104 cm³/mol. The molecule has 7 nitrogen and oxygen atoms in total. The van der Waals surface area contributed by atoms with Crippen LogP contribution in [0.15, 0.2) is 29.9 Å². The minimum Gasteiger partial charge on any atom is -0.348 e. The minimum atomic E-state index is -0.315. The summed E-state index contributed by atoms with van der Waals surface area (Å²) in [7, 11) is 0. The molecule has 2 heterocycles. The molecule has 0 aliphatic carbocycles. The molecule has 0 fully saturated rings. The Kier molecular flexibility index (Phi) is 7.80. The van der Waals surface area contributed by atoms with Gasteiger partial charge in [-0.3, -0.25) is 14.3 Å². The molecule has 0 radical (unpaired) electrons. The Balaban J connectivity index is 1.89. The van der Waals surface area contributed by atoms with Crippen LogP contribution in [0, 0.1) is 0 Å². The lowest BCUT2D eigenvalue weighted by Gasteiger charge is -2.17. The molecule has 1 atom stereocenters. The third-order valence-electron chi connectivity index (χ3n) is 4.11. The van der Waals surface area contributed by atoms with E-state index in [4.69, 9.17) is 0 Å². The van der Waals surface area contributed by atoms with Crippen molar-refractivity contribution in [1.82, 2.24) is 20.0 Å². The average Bonchev–Trinajstić information content (AvgIpc) is 3.26. The number of rotatable bonds is 10. The number of aromatic nitrogens is 2. The molecule has 0 aliphatic rings. The zero-order valence-electron chi connectivity index (χ0n) is 15.6. The standard InChI is InChI=1S/C18H27N5O2S/c1-4-22(5-2)8-9-23-13-15(12-19-23)21-18(25)11-16(20-14(3)24)17-7-6-10-26-17/h6-7,10,12-13,16H,4-5,8-9,11H2,1-3H3,(H,20,24)(H,21,25). The smallest absolute Gasteiger partial charge is 0.226 e. The van der Waals surface area contributed by atoms with E-state index in [-0.39, 0.29) is 24.3 Å². The fourth-order valence-corrected chi connectivity index (χ4v) is 3.47. The third-order valence-corrected chi connectivity index (χ3v) is 5.10. The Labute approximate surface area is 158 Å². The molecule has 0 spiro atoms. The van der Waals surface area contributed by atoms with Crippen molar-refractivity contribution in [1.29, 1.82) is 0 Å². The van der Waals surface area contributed by atoms with Gasteiger partial charge in [0.25, 0.3) is 0 Å². The molecule has 2 aromatic rings. The van der Waals surface area contributed by atoms with Crippen LogP contribution < -0.4 is 10.6 Å². The summed E-state index contributed by atoms with van der Waals surface area (Å²) in [5.74, 6) is -0.305. The molecule has 8 heteroatoms. The number of thiophene rings is 1. The highest BCUT2D eigenvalue weighted by molar-refractivity contribution is 7.10. The van der Waals surface area contributed by atoms with Gasteiger partial charge in [-0.25, -0.2) is 0 Å². The molecular weight excluding hydrogens is 350 g/mol. The van der Waals surface area contributed by atoms with Crippen LogP contribution in [0.1, 0.15) is 38.1 Å². The van der Waals surface area contributed by atoms with Crippen LogP contribution >= 0.6 is 11.3 Å². The summed E-state index contributed by atoms with van der Waals surface area (Å²) in [5.41, 5.74) is 0.669. The Hall–Kier alpha value is -2.19. The Bertz CT molecular complexity index is 694. The van der Waals surface area contributed by atoms with E-state index in [1.165, 1.54) is 18.3 Å². The summed E-state index contributed by atoms with van der Waals surface area (Å²) >= 11 is 1.52. The van der Waals surface area contributed by atoms with E-state index in [0.29, 0.717) is 5.69 Å². The number of hydrogen-bond donors (Lipinski definition) is 2. The molecule has 0 saturated heterocycles. The number of nitrogens with zero attached hydrogens (tertiary/aromatic N) is 3. The quantitative estimate of drug-likeness (QED) is 0.667. The summed E-state index contributed by atoms with van der Waals surface area (Å²) < 4.78 is 1.83. The number of nitrogens with one attached hydrogen (secondary N) is 2. The lowest BCUT2D eigenvalue weighted by molar-refractivity contribution is -0.120. The first kappa shape index (κ1) is 20.1. The molecule has 1 unspecified atom stereocenters. The SMILES string of the molecule is CCN(CC)CCn1cc(NC(=O)CC(NC(C)=O)c2cccs2)cn1. The zero-order valence-corrected chi connectivity index (χ0v) is 16.4. The van der Waals surface area contributed by atoms with Crippen molar-refractivity contribution in [3.63, 3.8) is 0 Å². The van der Waals surface area contributed by atoms with E-state index in [1.54, 1.807) is 6.20 Å². The molecule has 0 aliphatic heterocycles. The van der Waals surface area contributed by atoms with Gasteiger partial charge in [0.1, 0.15) is 0 Å². The van der Waals surface area contributed by atoms with Gasteiger partial charge in [-0.05, 0) is 24.5 Å². The number of carbonyl (C=O) groups is 2. The van der Waals surface area contributed by atoms with Crippen LogP contribution in [0.2, 0.25) is 0 Å². The normalized spacial score (nSPS) is 12.2. The van der Waals surface area contributed by atoms with Crippen molar-refractivity contribution >= 4 is 28.8 Å². The van der Waals surface area contributed by atoms with E-state index < -0.39 is 0 Å². The number of amides is 2. The summed E-state index contributed by atoms with van der Waals surface area (Å²) in [6.45, 7) is 9.45. The number of likely N-dealkylation sites (N-methyl/N-ethyl adjacent to an activating group) is 1. The molecule has 142 valence electrons. The first-order chi connectivity index (χ1) is 12.5. The first-order valence-electron chi connectivity index (χ1n) is 8.87. The zero-order chi connectivity index (χ0) is 18.9. The Morgan fingerprint density at radius 3 is 2.73 bits per heavy atom. The van der Waals surface area contributed by atoms with Crippen LogP contribution in [-0.4, -0.2) is 46.1 Å². The van der Waals surface area contributed by atoms with Gasteiger partial charge in [-0.1, -0.05) is 19.9 Å². The topological polar surface area (TPSA) is 79.3 Å². The van der Waals surface area contributed by atoms with Crippen molar-refractivity contribution in [2.75, 3.05) is 25.0 Å². The van der Waals surface area contributed by atoms with Crippen LogP contribution in [-0.2, 0) is 16.1 Å². The molecule has 0 aromatic carbocycles. The summed E-state index contributed by atoms with van der Waals surface area (Å²) in [5, 5.41) is 11.9.